The Hall–Kier alpha value is -3.08. The Morgan fingerprint density at radius 3 is 1.95 bits per heavy atom. The first-order chi connectivity index (χ1) is 18.6. The van der Waals surface area contributed by atoms with Gasteiger partial charge in [0.25, 0.3) is 8.32 Å². The van der Waals surface area contributed by atoms with Crippen LogP contribution in [0.15, 0.2) is 97.6 Å². The van der Waals surface area contributed by atoms with Gasteiger partial charge in [0.15, 0.2) is 11.5 Å². The quantitative estimate of drug-likeness (QED) is 0.172. The van der Waals surface area contributed by atoms with Crippen molar-refractivity contribution in [2.75, 3.05) is 13.7 Å². The van der Waals surface area contributed by atoms with Gasteiger partial charge in [-0.2, -0.15) is 0 Å². The van der Waals surface area contributed by atoms with Crippen LogP contribution in [-0.2, 0) is 4.43 Å². The van der Waals surface area contributed by atoms with Crippen LogP contribution in [0.3, 0.4) is 0 Å². The normalized spacial score (nSPS) is 14.6. The predicted octanol–water partition coefficient (Wildman–Crippen LogP) is 7.83. The molecule has 3 nitrogen and oxygen atoms in total. The Morgan fingerprint density at radius 2 is 1.49 bits per heavy atom. The number of hydrogen-bond acceptors (Lipinski definition) is 3. The fourth-order valence-electron chi connectivity index (χ4n) is 5.64. The minimum atomic E-state index is -2.63. The molecule has 208 valence electrons. The highest BCUT2D eigenvalue weighted by Crippen LogP contribution is 2.40. The average molecular weight is 543 g/mol. The van der Waals surface area contributed by atoms with Crippen LogP contribution >= 0.6 is 0 Å². The number of rotatable bonds is 12. The first kappa shape index (κ1) is 30.5. The van der Waals surface area contributed by atoms with Crippen molar-refractivity contribution in [2.45, 2.75) is 65.5 Å². The molecule has 4 heteroatoms. The molecule has 0 aliphatic rings. The lowest BCUT2D eigenvalue weighted by atomic mass is 9.87. The van der Waals surface area contributed by atoms with Gasteiger partial charge in [-0.15, -0.1) is 6.58 Å². The lowest BCUT2D eigenvalue weighted by Gasteiger charge is -2.44. The molecule has 3 aromatic rings. The maximum Gasteiger partial charge on any atom is 0.261 e. The van der Waals surface area contributed by atoms with E-state index in [9.17, 15) is 0 Å². The average Bonchev–Trinajstić information content (AvgIpc) is 2.90. The van der Waals surface area contributed by atoms with Crippen molar-refractivity contribution in [3.63, 3.8) is 0 Å². The van der Waals surface area contributed by atoms with Gasteiger partial charge in [-0.25, -0.2) is 0 Å². The van der Waals surface area contributed by atoms with Crippen LogP contribution in [0, 0.1) is 12.8 Å². The third-order valence-electron chi connectivity index (χ3n) is 7.47. The lowest BCUT2D eigenvalue weighted by Crippen LogP contribution is -2.66. The van der Waals surface area contributed by atoms with E-state index in [-0.39, 0.29) is 23.0 Å². The summed E-state index contributed by atoms with van der Waals surface area (Å²) in [5, 5.41) is 2.51. The smallest absolute Gasteiger partial charge is 0.261 e. The molecule has 0 unspecified atom stereocenters. The molecule has 3 rings (SSSR count). The van der Waals surface area contributed by atoms with Crippen molar-refractivity contribution < 1.29 is 13.9 Å². The number of aryl methyl sites for hydroxylation is 1. The minimum absolute atomic E-state index is 0.0587. The summed E-state index contributed by atoms with van der Waals surface area (Å²) in [4.78, 5) is 0. The second-order valence-electron chi connectivity index (χ2n) is 11.4. The first-order valence-corrected chi connectivity index (χ1v) is 15.8. The third-order valence-corrected chi connectivity index (χ3v) is 12.5. The van der Waals surface area contributed by atoms with Gasteiger partial charge in [0.1, 0.15) is 6.10 Å². The fourth-order valence-corrected chi connectivity index (χ4v) is 10.3. The van der Waals surface area contributed by atoms with E-state index in [1.165, 1.54) is 10.4 Å². The van der Waals surface area contributed by atoms with Crippen molar-refractivity contribution in [1.82, 2.24) is 0 Å². The van der Waals surface area contributed by atoms with Gasteiger partial charge in [-0.3, -0.25) is 0 Å². The van der Waals surface area contributed by atoms with Gasteiger partial charge < -0.3 is 13.9 Å². The molecule has 0 fully saturated rings. The van der Waals surface area contributed by atoms with Crippen LogP contribution in [0.1, 0.15) is 58.6 Å². The van der Waals surface area contributed by atoms with E-state index in [2.05, 4.69) is 114 Å². The Kier molecular flexibility index (Phi) is 10.4. The highest BCUT2D eigenvalue weighted by molar-refractivity contribution is 6.99. The number of ether oxygens (including phenoxy) is 2. The van der Waals surface area contributed by atoms with Gasteiger partial charge in [0.05, 0.1) is 7.11 Å². The van der Waals surface area contributed by atoms with E-state index in [1.807, 2.05) is 32.1 Å². The van der Waals surface area contributed by atoms with E-state index < -0.39 is 8.32 Å². The van der Waals surface area contributed by atoms with Gasteiger partial charge in [0.2, 0.25) is 0 Å². The molecular weight excluding hydrogens is 496 g/mol. The van der Waals surface area contributed by atoms with E-state index >= 15 is 0 Å². The van der Waals surface area contributed by atoms with E-state index in [1.54, 1.807) is 7.11 Å². The Balaban J connectivity index is 2.00. The van der Waals surface area contributed by atoms with Gasteiger partial charge in [-0.05, 0) is 65.4 Å². The molecule has 0 saturated heterocycles. The molecule has 0 aromatic heterocycles. The highest BCUT2D eigenvalue weighted by Gasteiger charge is 2.50. The zero-order valence-electron chi connectivity index (χ0n) is 25.0. The molecule has 0 aliphatic carbocycles. The van der Waals surface area contributed by atoms with Gasteiger partial charge in [-0.1, -0.05) is 107 Å². The van der Waals surface area contributed by atoms with E-state index in [0.717, 1.165) is 22.6 Å². The summed E-state index contributed by atoms with van der Waals surface area (Å²) in [6.45, 7) is 20.2. The molecule has 3 atom stereocenters. The molecule has 0 N–H and O–H groups in total. The van der Waals surface area contributed by atoms with Crippen molar-refractivity contribution in [2.24, 2.45) is 5.92 Å². The highest BCUT2D eigenvalue weighted by atomic mass is 28.4. The van der Waals surface area contributed by atoms with Crippen molar-refractivity contribution in [3.8, 4) is 11.5 Å². The lowest BCUT2D eigenvalue weighted by molar-refractivity contribution is 0.233. The summed E-state index contributed by atoms with van der Waals surface area (Å²) >= 11 is 0. The molecule has 0 radical (unpaired) electrons. The molecule has 0 heterocycles. The molecule has 3 aromatic carbocycles. The summed E-state index contributed by atoms with van der Waals surface area (Å²) in [6.07, 6.45) is 6.02. The molecule has 0 spiro atoms. The van der Waals surface area contributed by atoms with Gasteiger partial charge >= 0.3 is 0 Å². The summed E-state index contributed by atoms with van der Waals surface area (Å²) in [7, 11) is -0.931. The minimum Gasteiger partial charge on any atom is -0.493 e. The van der Waals surface area contributed by atoms with Crippen LogP contribution in [0.25, 0.3) is 0 Å². The van der Waals surface area contributed by atoms with Crippen LogP contribution in [-0.4, -0.2) is 28.1 Å². The zero-order valence-corrected chi connectivity index (χ0v) is 26.0. The molecule has 0 saturated carbocycles. The predicted molar refractivity (Wildman–Crippen MR) is 168 cm³/mol. The molecule has 0 aliphatic heterocycles. The van der Waals surface area contributed by atoms with Crippen LogP contribution in [0.5, 0.6) is 11.5 Å². The Morgan fingerprint density at radius 1 is 0.923 bits per heavy atom. The zero-order chi connectivity index (χ0) is 28.6. The van der Waals surface area contributed by atoms with E-state index in [4.69, 9.17) is 13.9 Å². The number of allylic oxidation sites excluding steroid dienone is 2. The van der Waals surface area contributed by atoms with Gasteiger partial charge in [0, 0.05) is 12.5 Å². The standard InChI is InChI=1S/C35H46O3Si/c1-10-18-28(5)38-33-24-29(23-26(3)34(33)36-9)32(11-2)27(4)25-37-39(35(6,7)8,30-19-14-12-15-20-30)31-21-16-13-17-22-31/h10-24,27-28,32H,2,25H2,1,3-9H3/b18-10+/t27-,28+,32+/m0/s1. The SMILES string of the molecule is C=C[C@@H](c1cc(C)c(OC)c(O[C@H](C)/C=C/C)c1)[C@@H](C)CO[Si](c1ccccc1)(c1ccccc1)C(C)(C)C. The Labute approximate surface area is 237 Å². The van der Waals surface area contributed by atoms with Crippen LogP contribution in [0.2, 0.25) is 5.04 Å². The van der Waals surface area contributed by atoms with Crippen LogP contribution < -0.4 is 19.8 Å². The summed E-state index contributed by atoms with van der Waals surface area (Å²) in [5.41, 5.74) is 2.20. The largest absolute Gasteiger partial charge is 0.493 e. The van der Waals surface area contributed by atoms with E-state index in [0.29, 0.717) is 6.61 Å². The summed E-state index contributed by atoms with van der Waals surface area (Å²) in [6, 6.07) is 25.9. The third kappa shape index (κ3) is 6.74. The Bertz CT molecular complexity index is 1190. The number of methoxy groups -OCH3 is 1. The number of hydrogen-bond donors (Lipinski definition) is 0. The van der Waals surface area contributed by atoms with Crippen molar-refractivity contribution >= 4 is 18.7 Å². The second kappa shape index (κ2) is 13.3. The topological polar surface area (TPSA) is 27.7 Å². The molecular formula is C35H46O3Si. The summed E-state index contributed by atoms with van der Waals surface area (Å²) < 4.78 is 19.3. The van der Waals surface area contributed by atoms with Crippen LogP contribution in [0.4, 0.5) is 0 Å². The summed E-state index contributed by atoms with van der Waals surface area (Å²) in [5.74, 6) is 1.81. The first-order valence-electron chi connectivity index (χ1n) is 13.9. The van der Waals surface area contributed by atoms with Crippen molar-refractivity contribution in [1.29, 1.82) is 0 Å². The molecule has 39 heavy (non-hydrogen) atoms. The van der Waals surface area contributed by atoms with Crippen molar-refractivity contribution in [3.05, 3.63) is 109 Å². The maximum atomic E-state index is 7.26. The fraction of sp³-hybridized carbons (Fsp3) is 0.371. The monoisotopic (exact) mass is 542 g/mol. The number of benzene rings is 3. The second-order valence-corrected chi connectivity index (χ2v) is 15.7. The maximum absolute atomic E-state index is 7.26. The molecule has 0 amide bonds. The molecule has 0 bridgehead atoms.